The molecule has 0 aromatic carbocycles. The Morgan fingerprint density at radius 3 is 2.18 bits per heavy atom. The lowest BCUT2D eigenvalue weighted by molar-refractivity contribution is -0.146. The van der Waals surface area contributed by atoms with Crippen molar-refractivity contribution in [3.05, 3.63) is 11.6 Å². The number of carbonyl (C=O) groups excluding carboxylic acids is 1. The van der Waals surface area contributed by atoms with Crippen LogP contribution in [0.1, 0.15) is 33.6 Å². The Morgan fingerprint density at radius 1 is 1.45 bits per heavy atom. The van der Waals surface area contributed by atoms with E-state index in [2.05, 4.69) is 0 Å². The van der Waals surface area contributed by atoms with Gasteiger partial charge in [-0.3, -0.25) is 0 Å². The van der Waals surface area contributed by atoms with Crippen LogP contribution in [-0.4, -0.2) is 11.6 Å². The van der Waals surface area contributed by atoms with E-state index in [9.17, 15) is 4.79 Å². The maximum Gasteiger partial charge on any atom is 0.334 e. The van der Waals surface area contributed by atoms with Crippen molar-refractivity contribution < 1.29 is 9.53 Å². The first-order chi connectivity index (χ1) is 5.13. The monoisotopic (exact) mass is 154 g/mol. The van der Waals surface area contributed by atoms with Crippen LogP contribution in [0.15, 0.2) is 11.6 Å². The van der Waals surface area contributed by atoms with Crippen LogP contribution in [0.3, 0.4) is 0 Å². The molecule has 1 heterocycles. The van der Waals surface area contributed by atoms with Gasteiger partial charge in [-0.25, -0.2) is 4.79 Å². The summed E-state index contributed by atoms with van der Waals surface area (Å²) in [5.74, 6) is -0.159. The van der Waals surface area contributed by atoms with E-state index in [0.717, 1.165) is 18.4 Å². The molecule has 0 spiro atoms. The van der Waals surface area contributed by atoms with Crippen molar-refractivity contribution in [2.45, 2.75) is 39.2 Å². The van der Waals surface area contributed by atoms with Crippen LogP contribution in [0.25, 0.3) is 0 Å². The van der Waals surface area contributed by atoms with E-state index < -0.39 is 0 Å². The molecule has 0 amide bonds. The molecule has 0 atom stereocenters. The minimum absolute atomic E-state index is 0.159. The zero-order valence-electron chi connectivity index (χ0n) is 7.31. The fourth-order valence-electron chi connectivity index (χ4n) is 1.35. The van der Waals surface area contributed by atoms with Gasteiger partial charge in [0.2, 0.25) is 0 Å². The van der Waals surface area contributed by atoms with Crippen molar-refractivity contribution in [1.82, 2.24) is 0 Å². The molecule has 1 aliphatic rings. The average molecular weight is 154 g/mol. The third kappa shape index (κ3) is 1.30. The molecule has 11 heavy (non-hydrogen) atoms. The summed E-state index contributed by atoms with van der Waals surface area (Å²) < 4.78 is 5.23. The first kappa shape index (κ1) is 8.31. The Labute approximate surface area is 67.2 Å². The fourth-order valence-corrected chi connectivity index (χ4v) is 1.35. The van der Waals surface area contributed by atoms with E-state index in [1.807, 2.05) is 19.9 Å². The van der Waals surface area contributed by atoms with Gasteiger partial charge in [0.05, 0.1) is 0 Å². The van der Waals surface area contributed by atoms with Crippen molar-refractivity contribution in [3.8, 4) is 0 Å². The molecule has 2 heteroatoms. The maximum atomic E-state index is 11.0. The molecular weight excluding hydrogens is 140 g/mol. The molecule has 1 rings (SSSR count). The highest BCUT2D eigenvalue weighted by Crippen LogP contribution is 2.30. The highest BCUT2D eigenvalue weighted by molar-refractivity contribution is 5.90. The summed E-state index contributed by atoms with van der Waals surface area (Å²) in [6.07, 6.45) is 3.68. The highest BCUT2D eigenvalue weighted by atomic mass is 16.6. The third-order valence-electron chi connectivity index (χ3n) is 2.29. The molecule has 62 valence electrons. The zero-order valence-corrected chi connectivity index (χ0v) is 7.31. The first-order valence-electron chi connectivity index (χ1n) is 4.06. The Hall–Kier alpha value is -0.790. The van der Waals surface area contributed by atoms with Crippen LogP contribution in [-0.2, 0) is 9.53 Å². The standard InChI is InChI=1S/C9H14O2/c1-4-9(5-2)6-7(3)8(10)11-9/h6H,4-5H2,1-3H3. The lowest BCUT2D eigenvalue weighted by atomic mass is 9.97. The van der Waals surface area contributed by atoms with Crippen LogP contribution in [0.2, 0.25) is 0 Å². The van der Waals surface area contributed by atoms with E-state index in [-0.39, 0.29) is 11.6 Å². The molecule has 0 saturated carbocycles. The van der Waals surface area contributed by atoms with Crippen molar-refractivity contribution in [3.63, 3.8) is 0 Å². The van der Waals surface area contributed by atoms with E-state index in [0.29, 0.717) is 0 Å². The molecule has 1 aliphatic heterocycles. The molecule has 0 aromatic rings. The lowest BCUT2D eigenvalue weighted by Gasteiger charge is -2.22. The van der Waals surface area contributed by atoms with Gasteiger partial charge in [-0.15, -0.1) is 0 Å². The second-order valence-electron chi connectivity index (χ2n) is 2.99. The molecule has 0 radical (unpaired) electrons. The van der Waals surface area contributed by atoms with E-state index in [1.165, 1.54) is 0 Å². The normalized spacial score (nSPS) is 21.4. The second kappa shape index (κ2) is 2.68. The van der Waals surface area contributed by atoms with Crippen LogP contribution < -0.4 is 0 Å². The van der Waals surface area contributed by atoms with Crippen molar-refractivity contribution >= 4 is 5.97 Å². The predicted octanol–water partition coefficient (Wildman–Crippen LogP) is 2.05. The summed E-state index contributed by atoms with van der Waals surface area (Å²) in [4.78, 5) is 11.0. The van der Waals surface area contributed by atoms with Crippen LogP contribution in [0, 0.1) is 0 Å². The Kier molecular flexibility index (Phi) is 2.03. The molecule has 0 aromatic heterocycles. The topological polar surface area (TPSA) is 26.3 Å². The van der Waals surface area contributed by atoms with E-state index >= 15 is 0 Å². The minimum Gasteiger partial charge on any atom is -0.451 e. The van der Waals surface area contributed by atoms with Crippen molar-refractivity contribution in [1.29, 1.82) is 0 Å². The third-order valence-corrected chi connectivity index (χ3v) is 2.29. The maximum absolute atomic E-state index is 11.0. The quantitative estimate of drug-likeness (QED) is 0.569. The molecular formula is C9H14O2. The van der Waals surface area contributed by atoms with Gasteiger partial charge in [-0.2, -0.15) is 0 Å². The molecule has 0 N–H and O–H groups in total. The SMILES string of the molecule is CCC1(CC)C=C(C)C(=O)O1. The Balaban J connectivity index is 2.85. The zero-order chi connectivity index (χ0) is 8.48. The molecule has 2 nitrogen and oxygen atoms in total. The second-order valence-corrected chi connectivity index (χ2v) is 2.99. The highest BCUT2D eigenvalue weighted by Gasteiger charge is 2.34. The summed E-state index contributed by atoms with van der Waals surface area (Å²) >= 11 is 0. The molecule has 0 fully saturated rings. The summed E-state index contributed by atoms with van der Waals surface area (Å²) in [5, 5.41) is 0. The number of hydrogen-bond donors (Lipinski definition) is 0. The van der Waals surface area contributed by atoms with Gasteiger partial charge in [0.1, 0.15) is 5.60 Å². The first-order valence-corrected chi connectivity index (χ1v) is 4.06. The van der Waals surface area contributed by atoms with Crippen molar-refractivity contribution in [2.75, 3.05) is 0 Å². The van der Waals surface area contributed by atoms with Gasteiger partial charge in [0.25, 0.3) is 0 Å². The van der Waals surface area contributed by atoms with Gasteiger partial charge in [-0.1, -0.05) is 13.8 Å². The number of rotatable bonds is 2. The summed E-state index contributed by atoms with van der Waals surface area (Å²) in [6.45, 7) is 5.87. The fraction of sp³-hybridized carbons (Fsp3) is 0.667. The summed E-state index contributed by atoms with van der Waals surface area (Å²) in [6, 6.07) is 0. The van der Waals surface area contributed by atoms with Crippen LogP contribution in [0.5, 0.6) is 0 Å². The molecule has 0 aliphatic carbocycles. The largest absolute Gasteiger partial charge is 0.451 e. The number of esters is 1. The minimum atomic E-state index is -0.291. The Bertz CT molecular complexity index is 200. The number of carbonyl (C=O) groups is 1. The smallest absolute Gasteiger partial charge is 0.334 e. The average Bonchev–Trinajstić information content (AvgIpc) is 2.29. The lowest BCUT2D eigenvalue weighted by Crippen LogP contribution is -2.25. The van der Waals surface area contributed by atoms with Crippen molar-refractivity contribution in [2.24, 2.45) is 0 Å². The molecule has 0 unspecified atom stereocenters. The van der Waals surface area contributed by atoms with E-state index in [4.69, 9.17) is 4.74 Å². The summed E-state index contributed by atoms with van der Waals surface area (Å²) in [7, 11) is 0. The molecule has 0 bridgehead atoms. The molecule has 0 saturated heterocycles. The number of cyclic esters (lactones) is 1. The predicted molar refractivity (Wildman–Crippen MR) is 43.2 cm³/mol. The number of hydrogen-bond acceptors (Lipinski definition) is 2. The summed E-state index contributed by atoms with van der Waals surface area (Å²) in [5.41, 5.74) is 0.454. The van der Waals surface area contributed by atoms with Crippen LogP contribution >= 0.6 is 0 Å². The van der Waals surface area contributed by atoms with Gasteiger partial charge in [0, 0.05) is 5.57 Å². The van der Waals surface area contributed by atoms with Gasteiger partial charge >= 0.3 is 5.97 Å². The van der Waals surface area contributed by atoms with Gasteiger partial charge in [-0.05, 0) is 25.8 Å². The Morgan fingerprint density at radius 2 is 2.00 bits per heavy atom. The van der Waals surface area contributed by atoms with E-state index in [1.54, 1.807) is 6.92 Å². The van der Waals surface area contributed by atoms with Gasteiger partial charge in [0.15, 0.2) is 0 Å². The van der Waals surface area contributed by atoms with Crippen LogP contribution in [0.4, 0.5) is 0 Å². The van der Waals surface area contributed by atoms with Gasteiger partial charge < -0.3 is 4.74 Å². The number of ether oxygens (including phenoxy) is 1.